The summed E-state index contributed by atoms with van der Waals surface area (Å²) in [5.74, 6) is -1.06. The van der Waals surface area contributed by atoms with Crippen LogP contribution in [-0.4, -0.2) is 112 Å². The monoisotopic (exact) mass is 728 g/mol. The number of urea groups is 1. The quantitative estimate of drug-likeness (QED) is 0.0930. The van der Waals surface area contributed by atoms with Gasteiger partial charge in [0.2, 0.25) is 15.9 Å². The highest BCUT2D eigenvalue weighted by atomic mass is 32.2. The standard InChI is InChI=1S/C35H48N6O7S2/c1-23(2)31(21-42)41(50(47,48)29-13-11-27(12-14-29)18-36-46)20-32(43)30(17-26-9-7-6-8-10-26)38-34(44)33(24(3)4)40-16-15-39(35(40)45)19-28-22-49-25(5)37-28/h6-14,18,22-24,30-33,42-43,46H,15-17,19-21H2,1-5H3,(H,38,44)/b36-18+/t30-,31-,32+,33-/m0/s1. The molecule has 4 rings (SSSR count). The van der Waals surface area contributed by atoms with E-state index in [0.717, 1.165) is 20.6 Å². The number of carbonyl (C=O) groups excluding carboxylic acids is 2. The van der Waals surface area contributed by atoms with Gasteiger partial charge in [-0.3, -0.25) is 4.79 Å². The van der Waals surface area contributed by atoms with Crippen LogP contribution in [0.5, 0.6) is 0 Å². The number of aliphatic hydroxyl groups excluding tert-OH is 2. The van der Waals surface area contributed by atoms with Gasteiger partial charge in [-0.05, 0) is 48.4 Å². The van der Waals surface area contributed by atoms with Crippen LogP contribution in [0.2, 0.25) is 0 Å². The summed E-state index contributed by atoms with van der Waals surface area (Å²) < 4.78 is 29.3. The zero-order valence-corrected chi connectivity index (χ0v) is 30.7. The number of amides is 3. The number of nitrogens with zero attached hydrogens (tertiary/aromatic N) is 5. The van der Waals surface area contributed by atoms with Crippen molar-refractivity contribution in [3.05, 3.63) is 81.8 Å². The maximum absolute atomic E-state index is 14.1. The van der Waals surface area contributed by atoms with Gasteiger partial charge in [-0.2, -0.15) is 4.31 Å². The van der Waals surface area contributed by atoms with Crippen LogP contribution in [0.3, 0.4) is 0 Å². The zero-order valence-electron chi connectivity index (χ0n) is 29.1. The first-order valence-corrected chi connectivity index (χ1v) is 19.0. The molecule has 1 fully saturated rings. The van der Waals surface area contributed by atoms with Crippen molar-refractivity contribution >= 4 is 39.5 Å². The fourth-order valence-electron chi connectivity index (χ4n) is 6.19. The van der Waals surface area contributed by atoms with Gasteiger partial charge in [0.15, 0.2) is 0 Å². The van der Waals surface area contributed by atoms with Crippen molar-refractivity contribution in [2.75, 3.05) is 26.2 Å². The molecule has 2 aromatic carbocycles. The van der Waals surface area contributed by atoms with Crippen molar-refractivity contribution in [2.24, 2.45) is 17.0 Å². The molecular formula is C35H48N6O7S2. The van der Waals surface area contributed by atoms with Crippen molar-refractivity contribution in [1.29, 1.82) is 0 Å². The van der Waals surface area contributed by atoms with Crippen LogP contribution in [0.15, 0.2) is 70.0 Å². The largest absolute Gasteiger partial charge is 0.411 e. The van der Waals surface area contributed by atoms with Gasteiger partial charge >= 0.3 is 6.03 Å². The highest BCUT2D eigenvalue weighted by Gasteiger charge is 2.41. The average molecular weight is 729 g/mol. The number of aliphatic hydroxyl groups is 2. The van der Waals surface area contributed by atoms with E-state index in [1.807, 2.05) is 56.5 Å². The van der Waals surface area contributed by atoms with Crippen molar-refractivity contribution in [2.45, 2.75) is 76.7 Å². The van der Waals surface area contributed by atoms with Gasteiger partial charge in [0.25, 0.3) is 0 Å². The molecule has 4 N–H and O–H groups in total. The molecule has 0 bridgehead atoms. The lowest BCUT2D eigenvalue weighted by Gasteiger charge is -2.37. The highest BCUT2D eigenvalue weighted by Crippen LogP contribution is 2.25. The Morgan fingerprint density at radius 3 is 2.32 bits per heavy atom. The van der Waals surface area contributed by atoms with Crippen LogP contribution in [-0.2, 0) is 27.8 Å². The summed E-state index contributed by atoms with van der Waals surface area (Å²) in [5, 5.41) is 39.9. The van der Waals surface area contributed by atoms with E-state index in [4.69, 9.17) is 5.21 Å². The summed E-state index contributed by atoms with van der Waals surface area (Å²) in [6.45, 7) is 9.34. The Morgan fingerprint density at radius 2 is 1.76 bits per heavy atom. The molecule has 1 saturated heterocycles. The summed E-state index contributed by atoms with van der Waals surface area (Å²) in [6.07, 6.45) is -0.0659. The van der Waals surface area contributed by atoms with E-state index in [0.29, 0.717) is 25.2 Å². The van der Waals surface area contributed by atoms with E-state index < -0.39 is 53.3 Å². The fraction of sp³-hybridized carbons (Fsp3) is 0.486. The van der Waals surface area contributed by atoms with Crippen LogP contribution in [0.1, 0.15) is 49.5 Å². The van der Waals surface area contributed by atoms with Crippen molar-refractivity contribution in [3.8, 4) is 0 Å². The lowest BCUT2D eigenvalue weighted by atomic mass is 9.97. The molecule has 15 heteroatoms. The van der Waals surface area contributed by atoms with Crippen LogP contribution in [0, 0.1) is 18.8 Å². The summed E-state index contributed by atoms with van der Waals surface area (Å²) in [6, 6.07) is 11.9. The molecule has 0 radical (unpaired) electrons. The first-order chi connectivity index (χ1) is 23.8. The molecule has 50 heavy (non-hydrogen) atoms. The van der Waals surface area contributed by atoms with Gasteiger partial charge in [-0.1, -0.05) is 75.3 Å². The van der Waals surface area contributed by atoms with E-state index in [1.165, 1.54) is 41.8 Å². The minimum absolute atomic E-state index is 0.0766. The topological polar surface area (TPSA) is 176 Å². The number of hydrogen-bond donors (Lipinski definition) is 4. The third-order valence-corrected chi connectivity index (χ3v) is 11.6. The second-order valence-electron chi connectivity index (χ2n) is 13.2. The van der Waals surface area contributed by atoms with E-state index in [-0.39, 0.29) is 29.2 Å². The maximum Gasteiger partial charge on any atom is 0.321 e. The third-order valence-electron chi connectivity index (χ3n) is 8.86. The number of rotatable bonds is 17. The molecule has 1 aromatic heterocycles. The normalized spacial score (nSPS) is 16.5. The third kappa shape index (κ3) is 9.46. The molecule has 3 aromatic rings. The van der Waals surface area contributed by atoms with Crippen molar-refractivity contribution < 1.29 is 33.4 Å². The summed E-state index contributed by atoms with van der Waals surface area (Å²) in [7, 11) is -4.27. The van der Waals surface area contributed by atoms with Crippen LogP contribution >= 0.6 is 11.3 Å². The van der Waals surface area contributed by atoms with E-state index in [2.05, 4.69) is 15.5 Å². The Morgan fingerprint density at radius 1 is 1.08 bits per heavy atom. The first kappa shape index (κ1) is 38.9. The SMILES string of the molecule is Cc1nc(CN2CCN([C@H](C(=O)N[C@@H](Cc3ccccc3)[C@H](O)CN([C@@H](CO)C(C)C)S(=O)(=O)c3ccc(/C=N/O)cc3)C(C)C)C2=O)cs1. The van der Waals surface area contributed by atoms with Crippen LogP contribution in [0.25, 0.3) is 0 Å². The van der Waals surface area contributed by atoms with Crippen molar-refractivity contribution in [1.82, 2.24) is 24.4 Å². The van der Waals surface area contributed by atoms with Gasteiger partial charge in [0, 0.05) is 25.0 Å². The molecule has 4 atom stereocenters. The molecule has 1 aliphatic rings. The smallest absolute Gasteiger partial charge is 0.321 e. The Kier molecular flexibility index (Phi) is 13.5. The molecule has 0 aliphatic carbocycles. The Bertz CT molecular complexity index is 1700. The van der Waals surface area contributed by atoms with E-state index >= 15 is 0 Å². The summed E-state index contributed by atoms with van der Waals surface area (Å²) in [5.41, 5.74) is 2.07. The molecule has 0 saturated carbocycles. The molecular weight excluding hydrogens is 681 g/mol. The molecule has 3 amide bonds. The predicted molar refractivity (Wildman–Crippen MR) is 191 cm³/mol. The number of sulfonamides is 1. The number of nitrogens with one attached hydrogen (secondary N) is 1. The highest BCUT2D eigenvalue weighted by molar-refractivity contribution is 7.89. The molecule has 1 aliphatic heterocycles. The molecule has 2 heterocycles. The first-order valence-electron chi connectivity index (χ1n) is 16.7. The number of aryl methyl sites for hydroxylation is 1. The number of aromatic nitrogens is 1. The van der Waals surface area contributed by atoms with Gasteiger partial charge in [0.1, 0.15) is 6.04 Å². The van der Waals surface area contributed by atoms with E-state index in [9.17, 15) is 28.2 Å². The van der Waals surface area contributed by atoms with Crippen molar-refractivity contribution in [3.63, 3.8) is 0 Å². The van der Waals surface area contributed by atoms with Crippen LogP contribution in [0.4, 0.5) is 4.79 Å². The number of benzene rings is 2. The lowest BCUT2D eigenvalue weighted by Crippen LogP contribution is -2.58. The number of thiazole rings is 1. The average Bonchev–Trinajstić information content (AvgIpc) is 3.65. The Balaban J connectivity index is 1.62. The van der Waals surface area contributed by atoms with Gasteiger partial charge in [-0.15, -0.1) is 11.3 Å². The van der Waals surface area contributed by atoms with E-state index in [1.54, 1.807) is 23.6 Å². The minimum Gasteiger partial charge on any atom is -0.411 e. The lowest BCUT2D eigenvalue weighted by molar-refractivity contribution is -0.128. The second kappa shape index (κ2) is 17.4. The number of oxime groups is 1. The number of hydrogen-bond acceptors (Lipinski definition) is 10. The second-order valence-corrected chi connectivity index (χ2v) is 16.2. The zero-order chi connectivity index (χ0) is 36.6. The Hall–Kier alpha value is -3.89. The van der Waals surface area contributed by atoms with Gasteiger partial charge < -0.3 is 30.5 Å². The summed E-state index contributed by atoms with van der Waals surface area (Å²) in [4.78, 5) is 35.3. The molecule has 0 unspecified atom stereocenters. The fourth-order valence-corrected chi connectivity index (χ4v) is 8.56. The molecule has 272 valence electrons. The van der Waals surface area contributed by atoms with Gasteiger partial charge in [0.05, 0.1) is 53.2 Å². The van der Waals surface area contributed by atoms with Crippen LogP contribution < -0.4 is 5.32 Å². The number of carbonyl (C=O) groups is 2. The Labute approximate surface area is 298 Å². The maximum atomic E-state index is 14.1. The molecule has 13 nitrogen and oxygen atoms in total. The predicted octanol–water partition coefficient (Wildman–Crippen LogP) is 3.32. The van der Waals surface area contributed by atoms with Gasteiger partial charge in [-0.25, -0.2) is 18.2 Å². The molecule has 0 spiro atoms. The minimum atomic E-state index is -4.27. The summed E-state index contributed by atoms with van der Waals surface area (Å²) >= 11 is 1.51.